The van der Waals surface area contributed by atoms with Crippen LogP contribution < -0.4 is 0 Å². The van der Waals surface area contributed by atoms with Gasteiger partial charge >= 0.3 is 5.97 Å². The molecule has 1 fully saturated rings. The van der Waals surface area contributed by atoms with Crippen LogP contribution in [0.4, 0.5) is 0 Å². The second kappa shape index (κ2) is 3.77. The van der Waals surface area contributed by atoms with Crippen molar-refractivity contribution in [2.45, 2.75) is 20.3 Å². The van der Waals surface area contributed by atoms with Crippen molar-refractivity contribution in [3.63, 3.8) is 0 Å². The summed E-state index contributed by atoms with van der Waals surface area (Å²) in [6.07, 6.45) is 0.459. The first-order valence-corrected chi connectivity index (χ1v) is 4.54. The van der Waals surface area contributed by atoms with Crippen molar-refractivity contribution < 1.29 is 14.7 Å². The molecule has 0 spiro atoms. The van der Waals surface area contributed by atoms with Gasteiger partial charge in [0.05, 0.1) is 0 Å². The molecule has 1 N–H and O–H groups in total. The van der Waals surface area contributed by atoms with E-state index in [2.05, 4.69) is 0 Å². The molecule has 0 aromatic rings. The van der Waals surface area contributed by atoms with Crippen LogP contribution in [0.15, 0.2) is 0 Å². The monoisotopic (exact) mass is 185 g/mol. The minimum atomic E-state index is -0.990. The summed E-state index contributed by atoms with van der Waals surface area (Å²) in [5.41, 5.74) is 0. The third kappa shape index (κ3) is 2.20. The predicted octanol–water partition coefficient (Wildman–Crippen LogP) is 0.576. The first-order valence-electron chi connectivity index (χ1n) is 4.54. The Hall–Kier alpha value is -1.06. The molecule has 13 heavy (non-hydrogen) atoms. The van der Waals surface area contributed by atoms with Gasteiger partial charge in [-0.25, -0.2) is 0 Å². The van der Waals surface area contributed by atoms with Gasteiger partial charge in [-0.2, -0.15) is 0 Å². The minimum absolute atomic E-state index is 0.221. The zero-order valence-electron chi connectivity index (χ0n) is 7.99. The number of carbonyl (C=O) groups is 2. The van der Waals surface area contributed by atoms with E-state index >= 15 is 0 Å². The van der Waals surface area contributed by atoms with Gasteiger partial charge in [-0.3, -0.25) is 9.59 Å². The van der Waals surface area contributed by atoms with E-state index in [-0.39, 0.29) is 5.91 Å². The molecule has 1 saturated heterocycles. The lowest BCUT2D eigenvalue weighted by Crippen LogP contribution is -2.32. The molecule has 1 aliphatic heterocycles. The number of aliphatic carboxylic acids is 1. The third-order valence-electron chi connectivity index (χ3n) is 2.18. The van der Waals surface area contributed by atoms with E-state index in [4.69, 9.17) is 5.11 Å². The summed E-state index contributed by atoms with van der Waals surface area (Å²) in [4.78, 5) is 23.7. The number of rotatable bonds is 3. The number of likely N-dealkylation sites (tertiary alicyclic amines) is 1. The Bertz CT molecular complexity index is 225. The van der Waals surface area contributed by atoms with Gasteiger partial charge in [-0.15, -0.1) is 0 Å². The maximum Gasteiger partial charge on any atom is 0.316 e. The summed E-state index contributed by atoms with van der Waals surface area (Å²) in [6, 6.07) is 0. The molecule has 1 aliphatic rings. The standard InChI is InChI=1S/C9H15NO3/c1-6(2)5-10-4-3-7(8(10)11)9(12)13/h6-7H,3-5H2,1-2H3,(H,12,13)/t7-/m0/s1. The van der Waals surface area contributed by atoms with E-state index in [1.54, 1.807) is 4.90 Å². The minimum Gasteiger partial charge on any atom is -0.481 e. The van der Waals surface area contributed by atoms with Crippen molar-refractivity contribution in [3.8, 4) is 0 Å². The van der Waals surface area contributed by atoms with Crippen LogP contribution in [0, 0.1) is 11.8 Å². The molecule has 0 saturated carbocycles. The van der Waals surface area contributed by atoms with E-state index in [0.29, 0.717) is 25.4 Å². The van der Waals surface area contributed by atoms with Gasteiger partial charge in [-0.1, -0.05) is 13.8 Å². The fourth-order valence-electron chi connectivity index (χ4n) is 1.59. The van der Waals surface area contributed by atoms with Crippen LogP contribution in [0.5, 0.6) is 0 Å². The Morgan fingerprint density at radius 3 is 2.69 bits per heavy atom. The quantitative estimate of drug-likeness (QED) is 0.654. The average Bonchev–Trinajstić information content (AvgIpc) is 2.32. The van der Waals surface area contributed by atoms with Gasteiger partial charge in [0.15, 0.2) is 0 Å². The van der Waals surface area contributed by atoms with Gasteiger partial charge < -0.3 is 10.0 Å². The molecule has 0 aromatic heterocycles. The lowest BCUT2D eigenvalue weighted by atomic mass is 10.1. The van der Waals surface area contributed by atoms with Gasteiger partial charge in [-0.05, 0) is 12.3 Å². The van der Waals surface area contributed by atoms with E-state index in [9.17, 15) is 9.59 Å². The van der Waals surface area contributed by atoms with Crippen molar-refractivity contribution in [2.24, 2.45) is 11.8 Å². The van der Waals surface area contributed by atoms with Crippen LogP contribution in [-0.4, -0.2) is 35.0 Å². The molecule has 1 rings (SSSR count). The lowest BCUT2D eigenvalue weighted by molar-refractivity contribution is -0.147. The van der Waals surface area contributed by atoms with Crippen molar-refractivity contribution in [3.05, 3.63) is 0 Å². The van der Waals surface area contributed by atoms with Crippen molar-refractivity contribution in [2.75, 3.05) is 13.1 Å². The molecular weight excluding hydrogens is 170 g/mol. The highest BCUT2D eigenvalue weighted by Crippen LogP contribution is 2.19. The number of carboxylic acids is 1. The molecule has 0 unspecified atom stereocenters. The van der Waals surface area contributed by atoms with Gasteiger partial charge in [0.2, 0.25) is 5.91 Å². The number of hydrogen-bond acceptors (Lipinski definition) is 2. The van der Waals surface area contributed by atoms with Crippen LogP contribution in [0.2, 0.25) is 0 Å². The van der Waals surface area contributed by atoms with E-state index in [0.717, 1.165) is 0 Å². The average molecular weight is 185 g/mol. The molecule has 0 bridgehead atoms. The summed E-state index contributed by atoms with van der Waals surface area (Å²) < 4.78 is 0. The zero-order chi connectivity index (χ0) is 10.0. The zero-order valence-corrected chi connectivity index (χ0v) is 7.99. The summed E-state index contributed by atoms with van der Waals surface area (Å²) in [5, 5.41) is 8.69. The molecule has 1 heterocycles. The summed E-state index contributed by atoms with van der Waals surface area (Å²) >= 11 is 0. The number of carboxylic acid groups (broad SMARTS) is 1. The van der Waals surface area contributed by atoms with Gasteiger partial charge in [0.25, 0.3) is 0 Å². The highest BCUT2D eigenvalue weighted by Gasteiger charge is 2.36. The third-order valence-corrected chi connectivity index (χ3v) is 2.18. The number of nitrogens with zero attached hydrogens (tertiary/aromatic N) is 1. The predicted molar refractivity (Wildman–Crippen MR) is 47.2 cm³/mol. The fourth-order valence-corrected chi connectivity index (χ4v) is 1.59. The van der Waals surface area contributed by atoms with Crippen LogP contribution in [-0.2, 0) is 9.59 Å². The Kier molecular flexibility index (Phi) is 2.90. The summed E-state index contributed by atoms with van der Waals surface area (Å²) in [6.45, 7) is 5.29. The molecular formula is C9H15NO3. The maximum atomic E-state index is 11.4. The maximum absolute atomic E-state index is 11.4. The van der Waals surface area contributed by atoms with E-state index in [1.165, 1.54) is 0 Å². The molecule has 0 aromatic carbocycles. The van der Waals surface area contributed by atoms with Gasteiger partial charge in [0, 0.05) is 13.1 Å². The first kappa shape index (κ1) is 10.0. The first-order chi connectivity index (χ1) is 6.02. The molecule has 74 valence electrons. The topological polar surface area (TPSA) is 57.6 Å². The Balaban J connectivity index is 2.55. The number of hydrogen-bond donors (Lipinski definition) is 1. The molecule has 1 amide bonds. The second-order valence-corrected chi connectivity index (χ2v) is 3.86. The van der Waals surface area contributed by atoms with Crippen molar-refractivity contribution in [1.29, 1.82) is 0 Å². The van der Waals surface area contributed by atoms with E-state index < -0.39 is 11.9 Å². The van der Waals surface area contributed by atoms with Gasteiger partial charge in [0.1, 0.15) is 5.92 Å². The highest BCUT2D eigenvalue weighted by atomic mass is 16.4. The molecule has 0 aliphatic carbocycles. The smallest absolute Gasteiger partial charge is 0.316 e. The Morgan fingerprint density at radius 1 is 1.69 bits per heavy atom. The largest absolute Gasteiger partial charge is 0.481 e. The fraction of sp³-hybridized carbons (Fsp3) is 0.778. The Morgan fingerprint density at radius 2 is 2.31 bits per heavy atom. The molecule has 4 nitrogen and oxygen atoms in total. The van der Waals surface area contributed by atoms with E-state index in [1.807, 2.05) is 13.8 Å². The highest BCUT2D eigenvalue weighted by molar-refractivity contribution is 5.98. The normalized spacial score (nSPS) is 22.8. The molecule has 4 heteroatoms. The summed E-state index contributed by atoms with van der Waals surface area (Å²) in [5.74, 6) is -1.60. The lowest BCUT2D eigenvalue weighted by Gasteiger charge is -2.17. The second-order valence-electron chi connectivity index (χ2n) is 3.86. The van der Waals surface area contributed by atoms with Crippen molar-refractivity contribution in [1.82, 2.24) is 4.90 Å². The Labute approximate surface area is 77.5 Å². The molecule has 0 radical (unpaired) electrons. The summed E-state index contributed by atoms with van der Waals surface area (Å²) in [7, 11) is 0. The number of amides is 1. The van der Waals surface area contributed by atoms with Crippen molar-refractivity contribution >= 4 is 11.9 Å². The van der Waals surface area contributed by atoms with Crippen LogP contribution in [0.3, 0.4) is 0 Å². The SMILES string of the molecule is CC(C)CN1CC[C@H](C(=O)O)C1=O. The van der Waals surface area contributed by atoms with Crippen LogP contribution in [0.25, 0.3) is 0 Å². The van der Waals surface area contributed by atoms with Crippen LogP contribution >= 0.6 is 0 Å². The molecule has 1 atom stereocenters. The number of carbonyl (C=O) groups excluding carboxylic acids is 1. The van der Waals surface area contributed by atoms with Crippen LogP contribution in [0.1, 0.15) is 20.3 Å².